The van der Waals surface area contributed by atoms with Crippen LogP contribution in [0.2, 0.25) is 0 Å². The highest BCUT2D eigenvalue weighted by Gasteiger charge is 2.28. The Balaban J connectivity index is 1.55. The van der Waals surface area contributed by atoms with Crippen LogP contribution in [0.1, 0.15) is 23.7 Å². The number of allylic oxidation sites excluding steroid dienone is 2. The van der Waals surface area contributed by atoms with Crippen LogP contribution in [-0.2, 0) is 4.74 Å². The van der Waals surface area contributed by atoms with E-state index >= 15 is 0 Å². The summed E-state index contributed by atoms with van der Waals surface area (Å²) in [4.78, 5) is 12.9. The minimum atomic E-state index is -0.561. The number of halogens is 1. The van der Waals surface area contributed by atoms with Crippen molar-refractivity contribution in [2.24, 2.45) is 0 Å². The van der Waals surface area contributed by atoms with E-state index in [2.05, 4.69) is 15.5 Å². The third-order valence-electron chi connectivity index (χ3n) is 5.69. The van der Waals surface area contributed by atoms with Gasteiger partial charge in [-0.1, -0.05) is 36.4 Å². The van der Waals surface area contributed by atoms with Crippen LogP contribution in [0, 0.1) is 5.95 Å². The zero-order valence-electron chi connectivity index (χ0n) is 17.4. The first-order chi connectivity index (χ1) is 14.9. The van der Waals surface area contributed by atoms with Crippen LogP contribution < -0.4 is 5.32 Å². The molecule has 1 aliphatic carbocycles. The fourth-order valence-corrected chi connectivity index (χ4v) is 3.78. The van der Waals surface area contributed by atoms with E-state index in [4.69, 9.17) is 4.74 Å². The van der Waals surface area contributed by atoms with Crippen molar-refractivity contribution in [3.8, 4) is 11.1 Å². The van der Waals surface area contributed by atoms with Gasteiger partial charge in [-0.2, -0.15) is 4.39 Å². The Hall–Kier alpha value is -3.29. The summed E-state index contributed by atoms with van der Waals surface area (Å²) in [6.45, 7) is 1.73. The number of aliphatic hydroxyl groups excluding tert-OH is 1. The second kappa shape index (κ2) is 8.45. The number of amides is 1. The molecule has 1 amide bonds. The van der Waals surface area contributed by atoms with E-state index in [0.717, 1.165) is 16.7 Å². The van der Waals surface area contributed by atoms with E-state index in [1.807, 2.05) is 37.3 Å². The number of nitrogens with one attached hydrogen (secondary N) is 2. The number of rotatable bonds is 6. The van der Waals surface area contributed by atoms with Gasteiger partial charge in [-0.15, -0.1) is 5.10 Å². The molecule has 1 unspecified atom stereocenters. The minimum Gasteiger partial charge on any atom is -0.394 e. The molecule has 7 heteroatoms. The van der Waals surface area contributed by atoms with Crippen LogP contribution in [-0.4, -0.2) is 46.6 Å². The van der Waals surface area contributed by atoms with Gasteiger partial charge in [0.1, 0.15) is 0 Å². The molecule has 0 saturated heterocycles. The first-order valence-corrected chi connectivity index (χ1v) is 10.0. The maximum atomic E-state index is 13.8. The van der Waals surface area contributed by atoms with Crippen LogP contribution in [0.15, 0.2) is 66.3 Å². The Morgan fingerprint density at radius 3 is 2.90 bits per heavy atom. The van der Waals surface area contributed by atoms with E-state index in [0.29, 0.717) is 22.9 Å². The number of hydrogen-bond acceptors (Lipinski definition) is 4. The van der Waals surface area contributed by atoms with Gasteiger partial charge in [0, 0.05) is 19.1 Å². The van der Waals surface area contributed by atoms with E-state index in [1.165, 1.54) is 0 Å². The van der Waals surface area contributed by atoms with Crippen LogP contribution >= 0.6 is 0 Å². The van der Waals surface area contributed by atoms with E-state index in [9.17, 15) is 14.3 Å². The number of methoxy groups -OCH3 is 1. The Labute approximate surface area is 179 Å². The largest absolute Gasteiger partial charge is 0.394 e. The molecular formula is C24H24FN3O3. The average molecular weight is 421 g/mol. The van der Waals surface area contributed by atoms with Gasteiger partial charge in [-0.05, 0) is 47.9 Å². The first-order valence-electron chi connectivity index (χ1n) is 10.0. The molecule has 0 bridgehead atoms. The summed E-state index contributed by atoms with van der Waals surface area (Å²) >= 11 is 0. The summed E-state index contributed by atoms with van der Waals surface area (Å²) in [6.07, 6.45) is 6.30. The van der Waals surface area contributed by atoms with Crippen molar-refractivity contribution in [1.82, 2.24) is 15.5 Å². The molecule has 31 heavy (non-hydrogen) atoms. The maximum absolute atomic E-state index is 13.8. The van der Waals surface area contributed by atoms with Crippen LogP contribution in [0.4, 0.5) is 4.39 Å². The van der Waals surface area contributed by atoms with Gasteiger partial charge in [-0.25, -0.2) is 0 Å². The van der Waals surface area contributed by atoms with E-state index in [1.54, 1.807) is 37.4 Å². The molecule has 4 rings (SSSR count). The summed E-state index contributed by atoms with van der Waals surface area (Å²) in [6, 6.07) is 11.9. The molecule has 1 aliphatic rings. The molecule has 1 aromatic heterocycles. The summed E-state index contributed by atoms with van der Waals surface area (Å²) in [7, 11) is 1.64. The number of fused-ring (bicyclic) bond motifs is 1. The standard InChI is InChI=1S/C24H24FN3O3/c1-24(31-2)10-4-7-18(13-24)21(14-29)26-23(30)17-6-3-5-15(11-17)16-8-9-20-19(12-16)22(25)28-27-20/h3-12,21,29H,13-14H2,1-2H3,(H,26,30)(H,27,28)/t21-,24?/m1/s1. The molecule has 0 fully saturated rings. The Bertz CT molecular complexity index is 1180. The number of H-pyrrole nitrogens is 1. The Kier molecular flexibility index (Phi) is 5.71. The van der Waals surface area contributed by atoms with Gasteiger partial charge in [0.05, 0.1) is 29.2 Å². The first kappa shape index (κ1) is 21.0. The predicted molar refractivity (Wildman–Crippen MR) is 117 cm³/mol. The number of benzene rings is 2. The summed E-state index contributed by atoms with van der Waals surface area (Å²) < 4.78 is 19.4. The molecule has 3 aromatic rings. The maximum Gasteiger partial charge on any atom is 0.251 e. The molecule has 0 radical (unpaired) electrons. The monoisotopic (exact) mass is 421 g/mol. The second-order valence-corrected chi connectivity index (χ2v) is 7.86. The highest BCUT2D eigenvalue weighted by Crippen LogP contribution is 2.28. The predicted octanol–water partition coefficient (Wildman–Crippen LogP) is 3.75. The van der Waals surface area contributed by atoms with Crippen LogP contribution in [0.3, 0.4) is 0 Å². The number of ether oxygens (including phenoxy) is 1. The molecule has 2 aromatic carbocycles. The number of carbonyl (C=O) groups excluding carboxylic acids is 1. The third-order valence-corrected chi connectivity index (χ3v) is 5.69. The van der Waals surface area contributed by atoms with Gasteiger partial charge in [-0.3, -0.25) is 9.89 Å². The van der Waals surface area contributed by atoms with Crippen molar-refractivity contribution in [3.63, 3.8) is 0 Å². The van der Waals surface area contributed by atoms with Gasteiger partial charge in [0.15, 0.2) is 0 Å². The number of aromatic nitrogens is 2. The fourth-order valence-electron chi connectivity index (χ4n) is 3.78. The van der Waals surface area contributed by atoms with E-state index in [-0.39, 0.29) is 12.5 Å². The highest BCUT2D eigenvalue weighted by molar-refractivity contribution is 5.96. The van der Waals surface area contributed by atoms with Gasteiger partial charge in [0.2, 0.25) is 5.95 Å². The molecule has 6 nitrogen and oxygen atoms in total. The lowest BCUT2D eigenvalue weighted by Gasteiger charge is -2.31. The second-order valence-electron chi connectivity index (χ2n) is 7.86. The fraction of sp³-hybridized carbons (Fsp3) is 0.250. The number of carbonyl (C=O) groups is 1. The van der Waals surface area contributed by atoms with Gasteiger partial charge in [0.25, 0.3) is 5.91 Å². The molecule has 0 spiro atoms. The topological polar surface area (TPSA) is 87.2 Å². The molecule has 0 saturated carbocycles. The molecule has 3 N–H and O–H groups in total. The molecule has 160 valence electrons. The average Bonchev–Trinajstić information content (AvgIpc) is 3.17. The lowest BCUT2D eigenvalue weighted by molar-refractivity contribution is 0.0454. The number of hydrogen-bond donors (Lipinski definition) is 3. The summed E-state index contributed by atoms with van der Waals surface area (Å²) in [5.74, 6) is -0.861. The SMILES string of the molecule is COC1(C)C=CC=C([C@@H](CO)NC(=O)c2cccc(-c3ccc4[nH]nc(F)c4c3)c2)C1. The number of nitrogens with zero attached hydrogens (tertiary/aromatic N) is 1. The third kappa shape index (κ3) is 4.28. The van der Waals surface area contributed by atoms with Gasteiger partial charge < -0.3 is 15.2 Å². The van der Waals surface area contributed by atoms with Crippen molar-refractivity contribution in [2.45, 2.75) is 25.0 Å². The quantitative estimate of drug-likeness (QED) is 0.566. The minimum absolute atomic E-state index is 0.221. The van der Waals surface area contributed by atoms with Crippen molar-refractivity contribution in [1.29, 1.82) is 0 Å². The number of aromatic amines is 1. The summed E-state index contributed by atoms with van der Waals surface area (Å²) in [5.41, 5.74) is 3.03. The van der Waals surface area contributed by atoms with E-state index < -0.39 is 17.6 Å². The molecular weight excluding hydrogens is 397 g/mol. The smallest absolute Gasteiger partial charge is 0.251 e. The van der Waals surface area contributed by atoms with Crippen molar-refractivity contribution < 1.29 is 19.0 Å². The summed E-state index contributed by atoms with van der Waals surface area (Å²) in [5, 5.41) is 19.4. The molecule has 0 aliphatic heterocycles. The molecule has 1 heterocycles. The van der Waals surface area contributed by atoms with Crippen molar-refractivity contribution in [3.05, 3.63) is 77.8 Å². The van der Waals surface area contributed by atoms with Crippen molar-refractivity contribution >= 4 is 16.8 Å². The van der Waals surface area contributed by atoms with Crippen molar-refractivity contribution in [2.75, 3.05) is 13.7 Å². The molecule has 2 atom stereocenters. The lowest BCUT2D eigenvalue weighted by Crippen LogP contribution is -2.41. The zero-order valence-corrected chi connectivity index (χ0v) is 17.4. The van der Waals surface area contributed by atoms with Crippen LogP contribution in [0.25, 0.3) is 22.0 Å². The Morgan fingerprint density at radius 2 is 2.13 bits per heavy atom. The highest BCUT2D eigenvalue weighted by atomic mass is 19.1. The lowest BCUT2D eigenvalue weighted by atomic mass is 9.87. The zero-order chi connectivity index (χ0) is 22.0. The Morgan fingerprint density at radius 1 is 1.32 bits per heavy atom. The number of aliphatic hydroxyl groups is 1. The van der Waals surface area contributed by atoms with Gasteiger partial charge >= 0.3 is 0 Å². The van der Waals surface area contributed by atoms with Crippen LogP contribution in [0.5, 0.6) is 0 Å². The normalized spacial score (nSPS) is 19.3.